The van der Waals surface area contributed by atoms with Gasteiger partial charge >= 0.3 is 0 Å². The fourth-order valence-electron chi connectivity index (χ4n) is 3.54. The van der Waals surface area contributed by atoms with Crippen LogP contribution in [-0.4, -0.2) is 34.9 Å². The Balaban J connectivity index is 1.64. The quantitative estimate of drug-likeness (QED) is 0.927. The normalized spacial score (nSPS) is 26.7. The van der Waals surface area contributed by atoms with Gasteiger partial charge in [0, 0.05) is 13.0 Å². The molecule has 2 aliphatic heterocycles. The van der Waals surface area contributed by atoms with E-state index in [4.69, 9.17) is 4.74 Å². The van der Waals surface area contributed by atoms with Crippen LogP contribution in [0.5, 0.6) is 0 Å². The van der Waals surface area contributed by atoms with E-state index in [0.29, 0.717) is 12.0 Å². The van der Waals surface area contributed by atoms with Crippen molar-refractivity contribution >= 4 is 11.8 Å². The van der Waals surface area contributed by atoms with Crippen LogP contribution < -0.4 is 0 Å². The number of thioether (sulfide) groups is 1. The molecule has 116 valence electrons. The molecular weight excluding hydrogens is 287 g/mol. The van der Waals surface area contributed by atoms with Gasteiger partial charge in [-0.15, -0.1) is 0 Å². The first-order chi connectivity index (χ1) is 10.2. The predicted octanol–water partition coefficient (Wildman–Crippen LogP) is 3.42. The monoisotopic (exact) mass is 310 g/mol. The first kappa shape index (κ1) is 15.3. The van der Waals surface area contributed by atoms with Crippen molar-refractivity contribution in [1.82, 2.24) is 0 Å². The van der Waals surface area contributed by atoms with Gasteiger partial charge in [-0.2, -0.15) is 11.8 Å². The van der Waals surface area contributed by atoms with Crippen molar-refractivity contribution in [1.29, 1.82) is 0 Å². The fourth-order valence-corrected chi connectivity index (χ4v) is 4.78. The van der Waals surface area contributed by atoms with Gasteiger partial charge in [0.25, 0.3) is 0 Å². The van der Waals surface area contributed by atoms with Crippen LogP contribution in [0.3, 0.4) is 0 Å². The highest BCUT2D eigenvalue weighted by molar-refractivity contribution is 7.99. The molecule has 21 heavy (non-hydrogen) atoms. The summed E-state index contributed by atoms with van der Waals surface area (Å²) in [5.74, 6) is 2.31. The average Bonchev–Trinajstić information content (AvgIpc) is 2.50. The molecule has 2 atom stereocenters. The largest absolute Gasteiger partial charge is 0.392 e. The summed E-state index contributed by atoms with van der Waals surface area (Å²) in [4.78, 5) is 0. The molecule has 2 aliphatic rings. The Bertz CT molecular complexity index is 468. The third-order valence-electron chi connectivity index (χ3n) is 4.87. The van der Waals surface area contributed by atoms with E-state index in [0.717, 1.165) is 43.8 Å². The molecule has 2 nitrogen and oxygen atoms in total. The second kappa shape index (κ2) is 6.67. The molecule has 1 aromatic carbocycles. The number of benzene rings is 1. The Morgan fingerprint density at radius 1 is 1.33 bits per heavy atom. The molecule has 2 saturated heterocycles. The summed E-state index contributed by atoms with van der Waals surface area (Å²) >= 11 is 1.98. The zero-order chi connectivity index (χ0) is 14.7. The molecule has 0 amide bonds. The van der Waals surface area contributed by atoms with Gasteiger partial charge in [-0.25, -0.2) is 4.39 Å². The Morgan fingerprint density at radius 3 is 2.86 bits per heavy atom. The van der Waals surface area contributed by atoms with Gasteiger partial charge < -0.3 is 9.84 Å². The molecule has 0 radical (unpaired) electrons. The maximum atomic E-state index is 13.7. The van der Waals surface area contributed by atoms with E-state index in [2.05, 4.69) is 0 Å². The molecule has 0 aliphatic carbocycles. The number of hydrogen-bond acceptors (Lipinski definition) is 3. The van der Waals surface area contributed by atoms with Crippen molar-refractivity contribution in [2.45, 2.75) is 43.8 Å². The van der Waals surface area contributed by atoms with Crippen LogP contribution in [0.25, 0.3) is 0 Å². The van der Waals surface area contributed by atoms with Crippen LogP contribution in [0.4, 0.5) is 4.39 Å². The number of hydrogen-bond donors (Lipinski definition) is 1. The smallest absolute Gasteiger partial charge is 0.126 e. The van der Waals surface area contributed by atoms with Crippen LogP contribution in [0.15, 0.2) is 24.3 Å². The van der Waals surface area contributed by atoms with Crippen molar-refractivity contribution in [3.05, 3.63) is 35.6 Å². The second-order valence-electron chi connectivity index (χ2n) is 6.26. The Hall–Kier alpha value is -0.580. The van der Waals surface area contributed by atoms with E-state index in [-0.39, 0.29) is 17.3 Å². The summed E-state index contributed by atoms with van der Waals surface area (Å²) in [5.41, 5.74) is 0.592. The third kappa shape index (κ3) is 3.61. The first-order valence-corrected chi connectivity index (χ1v) is 8.97. The molecular formula is C17H23FO2S. The van der Waals surface area contributed by atoms with E-state index in [1.807, 2.05) is 17.8 Å². The Kier molecular flexibility index (Phi) is 4.87. The van der Waals surface area contributed by atoms with Gasteiger partial charge in [0.1, 0.15) is 5.82 Å². The van der Waals surface area contributed by atoms with Gasteiger partial charge in [-0.05, 0) is 54.7 Å². The third-order valence-corrected chi connectivity index (χ3v) is 5.85. The van der Waals surface area contributed by atoms with Crippen LogP contribution in [0.2, 0.25) is 0 Å². The minimum Gasteiger partial charge on any atom is -0.392 e. The molecule has 1 spiro atoms. The van der Waals surface area contributed by atoms with Crippen LogP contribution in [0.1, 0.15) is 31.2 Å². The minimum atomic E-state index is -0.475. The maximum absolute atomic E-state index is 13.7. The lowest BCUT2D eigenvalue weighted by Crippen LogP contribution is -2.45. The van der Waals surface area contributed by atoms with Gasteiger partial charge in [0.15, 0.2) is 0 Å². The number of aliphatic hydroxyl groups is 1. The molecule has 3 rings (SSSR count). The average molecular weight is 310 g/mol. The van der Waals surface area contributed by atoms with Crippen molar-refractivity contribution in [2.75, 3.05) is 18.1 Å². The van der Waals surface area contributed by atoms with Gasteiger partial charge in [0.05, 0.1) is 11.7 Å². The SMILES string of the molecule is OC(Cc1ccccc1F)C1CCOC2(CCSCC2)C1. The highest BCUT2D eigenvalue weighted by atomic mass is 32.2. The van der Waals surface area contributed by atoms with Crippen molar-refractivity contribution in [3.63, 3.8) is 0 Å². The summed E-state index contributed by atoms with van der Waals surface area (Å²) < 4.78 is 19.8. The van der Waals surface area contributed by atoms with E-state index in [1.165, 1.54) is 6.07 Å². The number of rotatable bonds is 3. The number of ether oxygens (including phenoxy) is 1. The van der Waals surface area contributed by atoms with Gasteiger partial charge in [0.2, 0.25) is 0 Å². The summed E-state index contributed by atoms with van der Waals surface area (Å²) in [6.07, 6.45) is 3.90. The van der Waals surface area contributed by atoms with E-state index in [1.54, 1.807) is 12.1 Å². The predicted molar refractivity (Wildman–Crippen MR) is 84.1 cm³/mol. The minimum absolute atomic E-state index is 0.0234. The molecule has 2 fully saturated rings. The zero-order valence-electron chi connectivity index (χ0n) is 12.3. The van der Waals surface area contributed by atoms with E-state index in [9.17, 15) is 9.50 Å². The standard InChI is InChI=1S/C17H23FO2S/c18-15-4-2-1-3-13(15)11-16(19)14-5-8-20-17(12-14)6-9-21-10-7-17/h1-4,14,16,19H,5-12H2. The molecule has 4 heteroatoms. The molecule has 1 aromatic rings. The topological polar surface area (TPSA) is 29.5 Å². The number of aliphatic hydroxyl groups excluding tert-OH is 1. The van der Waals surface area contributed by atoms with E-state index < -0.39 is 6.10 Å². The summed E-state index contributed by atoms with van der Waals surface area (Å²) in [6, 6.07) is 6.75. The van der Waals surface area contributed by atoms with Crippen molar-refractivity contribution < 1.29 is 14.2 Å². The Morgan fingerprint density at radius 2 is 2.10 bits per heavy atom. The molecule has 0 saturated carbocycles. The Labute approximate surface area is 130 Å². The summed E-state index contributed by atoms with van der Waals surface area (Å²) in [7, 11) is 0. The molecule has 2 heterocycles. The highest BCUT2D eigenvalue weighted by Crippen LogP contribution is 2.41. The van der Waals surface area contributed by atoms with Crippen LogP contribution in [-0.2, 0) is 11.2 Å². The van der Waals surface area contributed by atoms with Crippen LogP contribution in [0, 0.1) is 11.7 Å². The molecule has 0 bridgehead atoms. The van der Waals surface area contributed by atoms with E-state index >= 15 is 0 Å². The van der Waals surface area contributed by atoms with Gasteiger partial charge in [-0.1, -0.05) is 18.2 Å². The molecule has 1 N–H and O–H groups in total. The maximum Gasteiger partial charge on any atom is 0.126 e. The molecule has 2 unspecified atom stereocenters. The summed E-state index contributed by atoms with van der Waals surface area (Å²) in [5, 5.41) is 10.5. The first-order valence-electron chi connectivity index (χ1n) is 7.82. The highest BCUT2D eigenvalue weighted by Gasteiger charge is 2.40. The number of halogens is 1. The fraction of sp³-hybridized carbons (Fsp3) is 0.647. The zero-order valence-corrected chi connectivity index (χ0v) is 13.1. The van der Waals surface area contributed by atoms with Crippen molar-refractivity contribution in [2.24, 2.45) is 5.92 Å². The van der Waals surface area contributed by atoms with Crippen molar-refractivity contribution in [3.8, 4) is 0 Å². The van der Waals surface area contributed by atoms with Crippen LogP contribution >= 0.6 is 11.8 Å². The summed E-state index contributed by atoms with van der Waals surface area (Å²) in [6.45, 7) is 0.726. The van der Waals surface area contributed by atoms with Gasteiger partial charge in [-0.3, -0.25) is 0 Å². The second-order valence-corrected chi connectivity index (χ2v) is 7.48. The lowest BCUT2D eigenvalue weighted by atomic mass is 9.78. The molecule has 0 aromatic heterocycles. The lowest BCUT2D eigenvalue weighted by Gasteiger charge is -2.44. The lowest BCUT2D eigenvalue weighted by molar-refractivity contribution is -0.120.